The molecule has 0 saturated heterocycles. The van der Waals surface area contributed by atoms with Gasteiger partial charge in [0.1, 0.15) is 5.75 Å². The van der Waals surface area contributed by atoms with Crippen LogP contribution in [-0.2, 0) is 0 Å². The number of nitriles is 1. The number of rotatable bonds is 3. The smallest absolute Gasteiger partial charge is 0.405 e. The fourth-order valence-electron chi connectivity index (χ4n) is 2.61. The first kappa shape index (κ1) is 14.5. The molecule has 2 aromatic rings. The Morgan fingerprint density at radius 2 is 1.68 bits per heavy atom. The van der Waals surface area contributed by atoms with Gasteiger partial charge in [0.25, 0.3) is 0 Å². The molecule has 0 radical (unpaired) electrons. The lowest BCUT2D eigenvalue weighted by molar-refractivity contribution is -0.274. The van der Waals surface area contributed by atoms with Gasteiger partial charge in [-0.05, 0) is 42.0 Å². The average molecular weight is 303 g/mol. The lowest BCUT2D eigenvalue weighted by Gasteiger charge is -2.16. The molecule has 112 valence electrons. The zero-order chi connectivity index (χ0) is 15.7. The van der Waals surface area contributed by atoms with E-state index in [-0.39, 0.29) is 11.7 Å². The molecule has 1 saturated carbocycles. The zero-order valence-corrected chi connectivity index (χ0v) is 11.5. The Balaban J connectivity index is 2.15. The molecule has 1 fully saturated rings. The molecule has 0 bridgehead atoms. The summed E-state index contributed by atoms with van der Waals surface area (Å²) < 4.78 is 41.9. The second kappa shape index (κ2) is 5.38. The molecule has 22 heavy (non-hydrogen) atoms. The quantitative estimate of drug-likeness (QED) is 0.799. The second-order valence-electron chi connectivity index (χ2n) is 5.20. The van der Waals surface area contributed by atoms with Gasteiger partial charge in [-0.3, -0.25) is 0 Å². The highest BCUT2D eigenvalue weighted by molar-refractivity contribution is 5.76. The number of nitrogens with zero attached hydrogens (tertiary/aromatic N) is 1. The van der Waals surface area contributed by atoms with Crippen LogP contribution >= 0.6 is 0 Å². The van der Waals surface area contributed by atoms with Gasteiger partial charge in [-0.25, -0.2) is 0 Å². The van der Waals surface area contributed by atoms with Crippen LogP contribution in [0.15, 0.2) is 42.5 Å². The van der Waals surface area contributed by atoms with Crippen LogP contribution in [0.25, 0.3) is 11.1 Å². The van der Waals surface area contributed by atoms with E-state index in [1.165, 1.54) is 12.1 Å². The van der Waals surface area contributed by atoms with E-state index in [0.717, 1.165) is 18.4 Å². The number of alkyl halides is 3. The van der Waals surface area contributed by atoms with E-state index in [9.17, 15) is 18.4 Å². The topological polar surface area (TPSA) is 33.0 Å². The Bertz CT molecular complexity index is 742. The SMILES string of the molecule is N#Cc1cccc(-c2ccccc2OC(F)(F)F)c1C1CC1. The van der Waals surface area contributed by atoms with Crippen molar-refractivity contribution < 1.29 is 17.9 Å². The maximum atomic E-state index is 12.6. The molecular formula is C17H12F3NO. The van der Waals surface area contributed by atoms with Crippen LogP contribution in [-0.4, -0.2) is 6.36 Å². The summed E-state index contributed by atoms with van der Waals surface area (Å²) in [6, 6.07) is 13.3. The number of benzene rings is 2. The molecule has 0 unspecified atom stereocenters. The van der Waals surface area contributed by atoms with Gasteiger partial charge in [0.15, 0.2) is 0 Å². The normalized spacial score (nSPS) is 14.5. The van der Waals surface area contributed by atoms with E-state index in [1.807, 2.05) is 0 Å². The van der Waals surface area contributed by atoms with Crippen LogP contribution in [0, 0.1) is 11.3 Å². The lowest BCUT2D eigenvalue weighted by atomic mass is 9.92. The van der Waals surface area contributed by atoms with E-state index >= 15 is 0 Å². The van der Waals surface area contributed by atoms with Gasteiger partial charge in [-0.2, -0.15) is 5.26 Å². The molecule has 2 aromatic carbocycles. The molecule has 2 nitrogen and oxygen atoms in total. The van der Waals surface area contributed by atoms with Gasteiger partial charge in [-0.15, -0.1) is 13.2 Å². The van der Waals surface area contributed by atoms with Crippen molar-refractivity contribution in [3.63, 3.8) is 0 Å². The van der Waals surface area contributed by atoms with Crippen molar-refractivity contribution in [2.75, 3.05) is 0 Å². The minimum absolute atomic E-state index is 0.241. The van der Waals surface area contributed by atoms with E-state index < -0.39 is 6.36 Å². The standard InChI is InChI=1S/C17H12F3NO/c18-17(19,20)22-15-7-2-1-5-13(15)14-6-3-4-12(10-21)16(14)11-8-9-11/h1-7,11H,8-9H2. The Labute approximate surface area is 125 Å². The van der Waals surface area contributed by atoms with Gasteiger partial charge in [0.2, 0.25) is 0 Å². The van der Waals surface area contributed by atoms with Gasteiger partial charge in [0.05, 0.1) is 11.6 Å². The Kier molecular flexibility index (Phi) is 3.53. The third-order valence-electron chi connectivity index (χ3n) is 3.62. The average Bonchev–Trinajstić information content (AvgIpc) is 3.30. The van der Waals surface area contributed by atoms with E-state index in [1.54, 1.807) is 30.3 Å². The largest absolute Gasteiger partial charge is 0.573 e. The molecule has 0 amide bonds. The van der Waals surface area contributed by atoms with Crippen LogP contribution in [0.3, 0.4) is 0 Å². The first-order valence-electron chi connectivity index (χ1n) is 6.88. The molecule has 5 heteroatoms. The van der Waals surface area contributed by atoms with Crippen molar-refractivity contribution in [2.45, 2.75) is 25.1 Å². The van der Waals surface area contributed by atoms with E-state index in [0.29, 0.717) is 16.7 Å². The van der Waals surface area contributed by atoms with Crippen LogP contribution < -0.4 is 4.74 Å². The summed E-state index contributed by atoms with van der Waals surface area (Å²) in [5, 5.41) is 9.26. The minimum Gasteiger partial charge on any atom is -0.405 e. The van der Waals surface area contributed by atoms with Crippen LogP contribution in [0.2, 0.25) is 0 Å². The van der Waals surface area contributed by atoms with Gasteiger partial charge in [-0.1, -0.05) is 30.3 Å². The predicted octanol–water partition coefficient (Wildman–Crippen LogP) is 5.00. The van der Waals surface area contributed by atoms with Crippen molar-refractivity contribution in [1.82, 2.24) is 0 Å². The first-order chi connectivity index (χ1) is 10.5. The minimum atomic E-state index is -4.75. The summed E-state index contributed by atoms with van der Waals surface area (Å²) in [6.07, 6.45) is -2.84. The summed E-state index contributed by atoms with van der Waals surface area (Å²) in [5.41, 5.74) is 2.34. The number of halogens is 3. The molecule has 0 aromatic heterocycles. The van der Waals surface area contributed by atoms with Crippen molar-refractivity contribution in [2.24, 2.45) is 0 Å². The lowest BCUT2D eigenvalue weighted by Crippen LogP contribution is -2.17. The van der Waals surface area contributed by atoms with Gasteiger partial charge >= 0.3 is 6.36 Å². The predicted molar refractivity (Wildman–Crippen MR) is 75.3 cm³/mol. The summed E-state index contributed by atoms with van der Waals surface area (Å²) in [6.45, 7) is 0. The monoisotopic (exact) mass is 303 g/mol. The molecule has 0 N–H and O–H groups in total. The first-order valence-corrected chi connectivity index (χ1v) is 6.88. The molecule has 0 aliphatic heterocycles. The van der Waals surface area contributed by atoms with Crippen molar-refractivity contribution in [3.05, 3.63) is 53.6 Å². The van der Waals surface area contributed by atoms with Crippen LogP contribution in [0.4, 0.5) is 13.2 Å². The maximum absolute atomic E-state index is 12.6. The molecule has 3 rings (SSSR count). The zero-order valence-electron chi connectivity index (χ0n) is 11.5. The maximum Gasteiger partial charge on any atom is 0.573 e. The van der Waals surface area contributed by atoms with E-state index in [2.05, 4.69) is 10.8 Å². The Hall–Kier alpha value is -2.48. The number of ether oxygens (including phenoxy) is 1. The fourth-order valence-corrected chi connectivity index (χ4v) is 2.61. The van der Waals surface area contributed by atoms with E-state index in [4.69, 9.17) is 0 Å². The molecule has 0 heterocycles. The highest BCUT2D eigenvalue weighted by atomic mass is 19.4. The fraction of sp³-hybridized carbons (Fsp3) is 0.235. The highest BCUT2D eigenvalue weighted by Gasteiger charge is 2.34. The Morgan fingerprint density at radius 3 is 2.32 bits per heavy atom. The number of hydrogen-bond acceptors (Lipinski definition) is 2. The van der Waals surface area contributed by atoms with Gasteiger partial charge < -0.3 is 4.74 Å². The summed E-state index contributed by atoms with van der Waals surface area (Å²) in [4.78, 5) is 0. The summed E-state index contributed by atoms with van der Waals surface area (Å²) >= 11 is 0. The van der Waals surface area contributed by atoms with Crippen LogP contribution in [0.5, 0.6) is 5.75 Å². The molecule has 0 atom stereocenters. The van der Waals surface area contributed by atoms with Crippen LogP contribution in [0.1, 0.15) is 29.9 Å². The number of para-hydroxylation sites is 1. The summed E-state index contributed by atoms with van der Waals surface area (Å²) in [7, 11) is 0. The summed E-state index contributed by atoms with van der Waals surface area (Å²) in [5.74, 6) is -0.00298. The molecule has 0 spiro atoms. The van der Waals surface area contributed by atoms with Gasteiger partial charge in [0, 0.05) is 5.56 Å². The second-order valence-corrected chi connectivity index (χ2v) is 5.20. The van der Waals surface area contributed by atoms with Crippen molar-refractivity contribution >= 4 is 0 Å². The number of hydrogen-bond donors (Lipinski definition) is 0. The third kappa shape index (κ3) is 2.91. The molecule has 1 aliphatic carbocycles. The highest BCUT2D eigenvalue weighted by Crippen LogP contribution is 2.47. The third-order valence-corrected chi connectivity index (χ3v) is 3.62. The molecular weight excluding hydrogens is 291 g/mol. The van der Waals surface area contributed by atoms with Crippen molar-refractivity contribution in [1.29, 1.82) is 5.26 Å². The Morgan fingerprint density at radius 1 is 1.00 bits per heavy atom. The molecule has 1 aliphatic rings. The van der Waals surface area contributed by atoms with Crippen molar-refractivity contribution in [3.8, 4) is 22.9 Å².